The molecule has 3 aromatic carbocycles. The maximum Gasteiger partial charge on any atom is 0.171 e. The Morgan fingerprint density at radius 3 is 2.40 bits per heavy atom. The Balaban J connectivity index is 1.40. The summed E-state index contributed by atoms with van der Waals surface area (Å²) in [6, 6.07) is 29.1. The van der Waals surface area contributed by atoms with Crippen LogP contribution in [-0.4, -0.2) is 25.7 Å². The monoisotopic (exact) mass is 466 g/mol. The number of rotatable bonds is 8. The summed E-state index contributed by atoms with van der Waals surface area (Å²) < 4.78 is 17.1. The van der Waals surface area contributed by atoms with Crippen molar-refractivity contribution < 1.29 is 14.2 Å². The first-order chi connectivity index (χ1) is 17.2. The fourth-order valence-corrected chi connectivity index (χ4v) is 4.73. The minimum atomic E-state index is 0.129. The normalized spacial score (nSPS) is 14.8. The molecule has 0 bridgehead atoms. The van der Waals surface area contributed by atoms with Gasteiger partial charge in [-0.2, -0.15) is 0 Å². The van der Waals surface area contributed by atoms with Crippen LogP contribution >= 0.6 is 0 Å². The lowest BCUT2D eigenvalue weighted by molar-refractivity contribution is 0.306. The minimum absolute atomic E-state index is 0.129. The van der Waals surface area contributed by atoms with Gasteiger partial charge in [0.1, 0.15) is 18.1 Å². The number of methoxy groups -OCH3 is 2. The SMILES string of the molecule is COc1ccc2c(c1)CCN(c1ncccc1OC)C2Cc1ccc(OCc2ccccc2)cc1. The Labute approximate surface area is 206 Å². The van der Waals surface area contributed by atoms with E-state index < -0.39 is 0 Å². The summed E-state index contributed by atoms with van der Waals surface area (Å²) in [5.41, 5.74) is 5.02. The molecule has 0 spiro atoms. The molecule has 5 rings (SSSR count). The van der Waals surface area contributed by atoms with Crippen LogP contribution in [0.1, 0.15) is 28.3 Å². The molecule has 0 fully saturated rings. The number of ether oxygens (including phenoxy) is 3. The Kier molecular flexibility index (Phi) is 6.85. The molecule has 0 saturated heterocycles. The molecule has 2 heterocycles. The maximum absolute atomic E-state index is 5.99. The quantitative estimate of drug-likeness (QED) is 0.317. The predicted molar refractivity (Wildman–Crippen MR) is 138 cm³/mol. The van der Waals surface area contributed by atoms with E-state index in [1.165, 1.54) is 16.7 Å². The second-order valence-electron chi connectivity index (χ2n) is 8.68. The van der Waals surface area contributed by atoms with E-state index in [1.54, 1.807) is 14.2 Å². The number of anilines is 1. The summed E-state index contributed by atoms with van der Waals surface area (Å²) in [5.74, 6) is 3.43. The summed E-state index contributed by atoms with van der Waals surface area (Å²) in [4.78, 5) is 7.06. The highest BCUT2D eigenvalue weighted by Crippen LogP contribution is 2.39. The van der Waals surface area contributed by atoms with Gasteiger partial charge in [-0.25, -0.2) is 4.98 Å². The topological polar surface area (TPSA) is 43.8 Å². The van der Waals surface area contributed by atoms with Crippen molar-refractivity contribution in [2.75, 3.05) is 25.7 Å². The first-order valence-corrected chi connectivity index (χ1v) is 11.9. The molecule has 5 nitrogen and oxygen atoms in total. The van der Waals surface area contributed by atoms with E-state index in [9.17, 15) is 0 Å². The lowest BCUT2D eigenvalue weighted by Crippen LogP contribution is -2.37. The second kappa shape index (κ2) is 10.5. The van der Waals surface area contributed by atoms with Gasteiger partial charge in [-0.05, 0) is 71.5 Å². The van der Waals surface area contributed by atoms with Gasteiger partial charge in [0.05, 0.1) is 20.3 Å². The van der Waals surface area contributed by atoms with Crippen LogP contribution in [-0.2, 0) is 19.4 Å². The van der Waals surface area contributed by atoms with Gasteiger partial charge in [0.15, 0.2) is 11.6 Å². The molecular weight excluding hydrogens is 436 g/mol. The highest BCUT2D eigenvalue weighted by Gasteiger charge is 2.30. The van der Waals surface area contributed by atoms with E-state index in [-0.39, 0.29) is 6.04 Å². The van der Waals surface area contributed by atoms with Crippen LogP contribution in [0, 0.1) is 0 Å². The van der Waals surface area contributed by atoms with E-state index in [0.29, 0.717) is 6.61 Å². The van der Waals surface area contributed by atoms with Gasteiger partial charge in [0, 0.05) is 12.7 Å². The summed E-state index contributed by atoms with van der Waals surface area (Å²) in [6.45, 7) is 1.42. The predicted octanol–water partition coefficient (Wildman–Crippen LogP) is 6.02. The molecule has 1 unspecified atom stereocenters. The lowest BCUT2D eigenvalue weighted by atomic mass is 9.88. The molecule has 4 aromatic rings. The Bertz CT molecular complexity index is 1260. The van der Waals surface area contributed by atoms with Crippen molar-refractivity contribution in [1.29, 1.82) is 0 Å². The zero-order valence-electron chi connectivity index (χ0n) is 20.2. The molecular formula is C30H30N2O3. The molecule has 35 heavy (non-hydrogen) atoms. The van der Waals surface area contributed by atoms with Crippen LogP contribution in [0.15, 0.2) is 91.1 Å². The molecule has 0 aliphatic carbocycles. The molecule has 1 aliphatic heterocycles. The van der Waals surface area contributed by atoms with Gasteiger partial charge in [0.25, 0.3) is 0 Å². The van der Waals surface area contributed by atoms with Gasteiger partial charge in [-0.3, -0.25) is 0 Å². The number of fused-ring (bicyclic) bond motifs is 1. The summed E-state index contributed by atoms with van der Waals surface area (Å²) in [5, 5.41) is 0. The molecule has 0 N–H and O–H groups in total. The van der Waals surface area contributed by atoms with Crippen LogP contribution in [0.4, 0.5) is 5.82 Å². The van der Waals surface area contributed by atoms with Crippen LogP contribution in [0.2, 0.25) is 0 Å². The average Bonchev–Trinajstić information content (AvgIpc) is 2.93. The van der Waals surface area contributed by atoms with Crippen LogP contribution in [0.5, 0.6) is 17.2 Å². The van der Waals surface area contributed by atoms with E-state index in [2.05, 4.69) is 53.4 Å². The Morgan fingerprint density at radius 1 is 0.829 bits per heavy atom. The highest BCUT2D eigenvalue weighted by atomic mass is 16.5. The lowest BCUT2D eigenvalue weighted by Gasteiger charge is -2.39. The zero-order chi connectivity index (χ0) is 24.0. The summed E-state index contributed by atoms with van der Waals surface area (Å²) in [6.07, 6.45) is 3.60. The molecule has 0 radical (unpaired) electrons. The molecule has 178 valence electrons. The Morgan fingerprint density at radius 2 is 1.63 bits per heavy atom. The zero-order valence-corrected chi connectivity index (χ0v) is 20.2. The van der Waals surface area contributed by atoms with Gasteiger partial charge < -0.3 is 19.1 Å². The first kappa shape index (κ1) is 22.8. The van der Waals surface area contributed by atoms with Crippen LogP contribution in [0.25, 0.3) is 0 Å². The third kappa shape index (κ3) is 5.09. The Hall–Kier alpha value is -3.99. The number of hydrogen-bond donors (Lipinski definition) is 0. The van der Waals surface area contributed by atoms with Gasteiger partial charge in [-0.15, -0.1) is 0 Å². The van der Waals surface area contributed by atoms with E-state index in [1.807, 2.05) is 42.6 Å². The number of aromatic nitrogens is 1. The second-order valence-corrected chi connectivity index (χ2v) is 8.68. The minimum Gasteiger partial charge on any atom is -0.497 e. The van der Waals surface area contributed by atoms with Gasteiger partial charge in [0.2, 0.25) is 0 Å². The average molecular weight is 467 g/mol. The maximum atomic E-state index is 5.99. The third-order valence-corrected chi connectivity index (χ3v) is 6.55. The van der Waals surface area contributed by atoms with Crippen molar-refractivity contribution in [2.45, 2.75) is 25.5 Å². The van der Waals surface area contributed by atoms with E-state index >= 15 is 0 Å². The van der Waals surface area contributed by atoms with E-state index in [0.717, 1.165) is 48.0 Å². The molecule has 0 amide bonds. The van der Waals surface area contributed by atoms with Crippen LogP contribution < -0.4 is 19.1 Å². The van der Waals surface area contributed by atoms with Crippen molar-refractivity contribution in [3.63, 3.8) is 0 Å². The largest absolute Gasteiger partial charge is 0.497 e. The van der Waals surface area contributed by atoms with Crippen molar-refractivity contribution >= 4 is 5.82 Å². The number of benzene rings is 3. The fourth-order valence-electron chi connectivity index (χ4n) is 4.73. The third-order valence-electron chi connectivity index (χ3n) is 6.55. The van der Waals surface area contributed by atoms with Crippen molar-refractivity contribution in [1.82, 2.24) is 4.98 Å². The fraction of sp³-hybridized carbons (Fsp3) is 0.233. The smallest absolute Gasteiger partial charge is 0.171 e. The molecule has 1 aromatic heterocycles. The van der Waals surface area contributed by atoms with Crippen LogP contribution in [0.3, 0.4) is 0 Å². The summed E-state index contributed by atoms with van der Waals surface area (Å²) in [7, 11) is 3.42. The number of hydrogen-bond acceptors (Lipinski definition) is 5. The molecule has 5 heteroatoms. The standard InChI is InChI=1S/C30H30N2O3/c1-33-26-14-15-27-24(20-26)16-18-32(30-29(34-2)9-6-17-31-30)28(27)19-22-10-12-25(13-11-22)35-21-23-7-4-3-5-8-23/h3-15,17,20,28H,16,18-19,21H2,1-2H3. The molecule has 1 atom stereocenters. The van der Waals surface area contributed by atoms with Crippen molar-refractivity contribution in [3.05, 3.63) is 113 Å². The van der Waals surface area contributed by atoms with Gasteiger partial charge in [-0.1, -0.05) is 48.5 Å². The summed E-state index contributed by atoms with van der Waals surface area (Å²) >= 11 is 0. The van der Waals surface area contributed by atoms with Crippen molar-refractivity contribution in [2.24, 2.45) is 0 Å². The number of nitrogens with zero attached hydrogens (tertiary/aromatic N) is 2. The van der Waals surface area contributed by atoms with E-state index in [4.69, 9.17) is 19.2 Å². The van der Waals surface area contributed by atoms with Crippen molar-refractivity contribution in [3.8, 4) is 17.2 Å². The number of pyridine rings is 1. The highest BCUT2D eigenvalue weighted by molar-refractivity contribution is 5.57. The molecule has 0 saturated carbocycles. The first-order valence-electron chi connectivity index (χ1n) is 11.9. The van der Waals surface area contributed by atoms with Gasteiger partial charge >= 0.3 is 0 Å². The molecule has 1 aliphatic rings.